The van der Waals surface area contributed by atoms with Crippen LogP contribution in [0.15, 0.2) is 91.0 Å². The average Bonchev–Trinajstić information content (AvgIpc) is 2.86. The number of nitrogens with one attached hydrogen (secondary N) is 1. The molecule has 0 saturated heterocycles. The van der Waals surface area contributed by atoms with Gasteiger partial charge in [0.1, 0.15) is 5.41 Å². The quantitative estimate of drug-likeness (QED) is 0.402. The number of nitrogens with two attached hydrogens (primary N) is 1. The third-order valence-corrected chi connectivity index (χ3v) is 7.30. The van der Waals surface area contributed by atoms with E-state index in [0.29, 0.717) is 6.04 Å². The van der Waals surface area contributed by atoms with Crippen molar-refractivity contribution in [2.24, 2.45) is 11.7 Å². The van der Waals surface area contributed by atoms with Crippen LogP contribution in [0.2, 0.25) is 0 Å². The van der Waals surface area contributed by atoms with E-state index in [1.54, 1.807) is 0 Å². The highest BCUT2D eigenvalue weighted by Gasteiger charge is 2.48. The van der Waals surface area contributed by atoms with Gasteiger partial charge in [0.2, 0.25) is 5.91 Å². The fourth-order valence-corrected chi connectivity index (χ4v) is 5.70. The van der Waals surface area contributed by atoms with E-state index < -0.39 is 5.41 Å². The summed E-state index contributed by atoms with van der Waals surface area (Å²) >= 11 is 0. The Bertz CT molecular complexity index is 948. The number of unbranched alkanes of at least 4 members (excludes halogenated alkanes) is 1. The molecular weight excluding hydrogens is 404 g/mol. The van der Waals surface area contributed by atoms with Crippen molar-refractivity contribution < 1.29 is 4.79 Å². The molecule has 1 amide bonds. The van der Waals surface area contributed by atoms with Crippen molar-refractivity contribution >= 4 is 5.91 Å². The SMILES string of the molecule is NC(=O)C(c1ccccc1)(c1ccccc1)C1CCCC(NCCCCc2ccccc2)C1. The normalized spacial score (nSPS) is 18.7. The van der Waals surface area contributed by atoms with Gasteiger partial charge in [0.05, 0.1) is 0 Å². The molecule has 0 aliphatic heterocycles. The minimum atomic E-state index is -0.795. The van der Waals surface area contributed by atoms with Gasteiger partial charge in [-0.05, 0) is 67.7 Å². The van der Waals surface area contributed by atoms with Crippen molar-refractivity contribution in [3.05, 3.63) is 108 Å². The Kier molecular flexibility index (Phi) is 7.96. The fraction of sp³-hybridized carbons (Fsp3) is 0.367. The number of carbonyl (C=O) groups excluding carboxylic acids is 1. The van der Waals surface area contributed by atoms with Gasteiger partial charge in [-0.25, -0.2) is 0 Å². The molecule has 3 heteroatoms. The minimum absolute atomic E-state index is 0.176. The number of benzene rings is 3. The average molecular weight is 441 g/mol. The third-order valence-electron chi connectivity index (χ3n) is 7.30. The van der Waals surface area contributed by atoms with Crippen molar-refractivity contribution in [2.75, 3.05) is 6.54 Å². The Morgan fingerprint density at radius 3 is 1.97 bits per heavy atom. The molecule has 4 rings (SSSR count). The van der Waals surface area contributed by atoms with Crippen LogP contribution in [0.3, 0.4) is 0 Å². The summed E-state index contributed by atoms with van der Waals surface area (Å²) in [5, 5.41) is 3.80. The fourth-order valence-electron chi connectivity index (χ4n) is 5.70. The van der Waals surface area contributed by atoms with Crippen LogP contribution in [0.25, 0.3) is 0 Å². The van der Waals surface area contributed by atoms with Crippen LogP contribution in [0.1, 0.15) is 55.2 Å². The number of hydrogen-bond acceptors (Lipinski definition) is 2. The van der Waals surface area contributed by atoms with Crippen molar-refractivity contribution in [1.29, 1.82) is 0 Å². The molecule has 0 heterocycles. The Balaban J connectivity index is 1.46. The molecule has 1 aliphatic carbocycles. The standard InChI is InChI=1S/C30H36N2O/c31-29(33)30(25-16-6-2-7-17-25,26-18-8-3-9-19-26)27-20-12-21-28(23-27)32-22-11-10-15-24-13-4-1-5-14-24/h1-9,13-14,16-19,27-28,32H,10-12,15,20-23H2,(H2,31,33). The molecule has 2 atom stereocenters. The molecule has 1 saturated carbocycles. The number of hydrogen-bond donors (Lipinski definition) is 2. The van der Waals surface area contributed by atoms with Gasteiger partial charge in [-0.1, -0.05) is 97.4 Å². The van der Waals surface area contributed by atoms with E-state index in [-0.39, 0.29) is 11.8 Å². The predicted molar refractivity (Wildman–Crippen MR) is 136 cm³/mol. The molecule has 0 spiro atoms. The van der Waals surface area contributed by atoms with Crippen LogP contribution < -0.4 is 11.1 Å². The maximum Gasteiger partial charge on any atom is 0.232 e. The van der Waals surface area contributed by atoms with Gasteiger partial charge in [-0.15, -0.1) is 0 Å². The van der Waals surface area contributed by atoms with Crippen LogP contribution in [0.4, 0.5) is 0 Å². The molecule has 172 valence electrons. The number of rotatable bonds is 10. The smallest absolute Gasteiger partial charge is 0.232 e. The maximum atomic E-state index is 13.3. The molecule has 0 bridgehead atoms. The largest absolute Gasteiger partial charge is 0.369 e. The van der Waals surface area contributed by atoms with Gasteiger partial charge in [-0.3, -0.25) is 4.79 Å². The number of aryl methyl sites for hydroxylation is 1. The van der Waals surface area contributed by atoms with Gasteiger partial charge >= 0.3 is 0 Å². The molecule has 1 aliphatic rings. The predicted octanol–water partition coefficient (Wildman–Crippen LogP) is 5.63. The summed E-state index contributed by atoms with van der Waals surface area (Å²) in [5.74, 6) is -0.0659. The molecule has 3 N–H and O–H groups in total. The molecule has 2 unspecified atom stereocenters. The summed E-state index contributed by atoms with van der Waals surface area (Å²) in [6.07, 6.45) is 7.72. The minimum Gasteiger partial charge on any atom is -0.369 e. The summed E-state index contributed by atoms with van der Waals surface area (Å²) < 4.78 is 0. The molecule has 0 aromatic heterocycles. The van der Waals surface area contributed by atoms with Gasteiger partial charge in [0.25, 0.3) is 0 Å². The lowest BCUT2D eigenvalue weighted by Crippen LogP contribution is -2.51. The summed E-state index contributed by atoms with van der Waals surface area (Å²) in [6.45, 7) is 1.02. The van der Waals surface area contributed by atoms with Crippen LogP contribution in [-0.2, 0) is 16.6 Å². The van der Waals surface area contributed by atoms with Gasteiger partial charge in [0, 0.05) is 6.04 Å². The van der Waals surface area contributed by atoms with Crippen LogP contribution in [-0.4, -0.2) is 18.5 Å². The molecule has 0 radical (unpaired) electrons. The van der Waals surface area contributed by atoms with E-state index in [2.05, 4.69) is 59.9 Å². The lowest BCUT2D eigenvalue weighted by Gasteiger charge is -2.43. The lowest BCUT2D eigenvalue weighted by atomic mass is 9.60. The zero-order valence-electron chi connectivity index (χ0n) is 19.5. The summed E-state index contributed by atoms with van der Waals surface area (Å²) in [5.41, 5.74) is 8.88. The highest BCUT2D eigenvalue weighted by atomic mass is 16.1. The van der Waals surface area contributed by atoms with E-state index >= 15 is 0 Å². The monoisotopic (exact) mass is 440 g/mol. The molecule has 1 fully saturated rings. The van der Waals surface area contributed by atoms with E-state index in [1.807, 2.05) is 36.4 Å². The second kappa shape index (κ2) is 11.3. The first kappa shape index (κ1) is 23.3. The van der Waals surface area contributed by atoms with Crippen molar-refractivity contribution in [2.45, 2.75) is 56.4 Å². The second-order valence-corrected chi connectivity index (χ2v) is 9.36. The zero-order valence-corrected chi connectivity index (χ0v) is 19.5. The Hall–Kier alpha value is -2.91. The van der Waals surface area contributed by atoms with Crippen molar-refractivity contribution in [3.8, 4) is 0 Å². The van der Waals surface area contributed by atoms with E-state index in [4.69, 9.17) is 5.73 Å². The summed E-state index contributed by atoms with van der Waals surface area (Å²) in [7, 11) is 0. The van der Waals surface area contributed by atoms with E-state index in [9.17, 15) is 4.79 Å². The van der Waals surface area contributed by atoms with Crippen molar-refractivity contribution in [1.82, 2.24) is 5.32 Å². The third kappa shape index (κ3) is 5.36. The number of amides is 1. The molecule has 3 aromatic carbocycles. The molecule has 33 heavy (non-hydrogen) atoms. The van der Waals surface area contributed by atoms with Crippen LogP contribution >= 0.6 is 0 Å². The topological polar surface area (TPSA) is 55.1 Å². The van der Waals surface area contributed by atoms with Crippen molar-refractivity contribution in [3.63, 3.8) is 0 Å². The summed E-state index contributed by atoms with van der Waals surface area (Å²) in [6, 6.07) is 31.5. The van der Waals surface area contributed by atoms with E-state index in [1.165, 1.54) is 12.0 Å². The summed E-state index contributed by atoms with van der Waals surface area (Å²) in [4.78, 5) is 13.3. The number of primary amides is 1. The zero-order chi connectivity index (χ0) is 22.9. The Morgan fingerprint density at radius 2 is 1.39 bits per heavy atom. The maximum absolute atomic E-state index is 13.3. The first-order valence-corrected chi connectivity index (χ1v) is 12.4. The number of carbonyl (C=O) groups is 1. The lowest BCUT2D eigenvalue weighted by molar-refractivity contribution is -0.124. The van der Waals surface area contributed by atoms with Gasteiger partial charge < -0.3 is 11.1 Å². The highest BCUT2D eigenvalue weighted by molar-refractivity contribution is 5.91. The molecular formula is C30H36N2O. The van der Waals surface area contributed by atoms with E-state index in [0.717, 1.165) is 56.2 Å². The Morgan fingerprint density at radius 1 is 0.818 bits per heavy atom. The van der Waals surface area contributed by atoms with Gasteiger partial charge in [0.15, 0.2) is 0 Å². The second-order valence-electron chi connectivity index (χ2n) is 9.36. The first-order chi connectivity index (χ1) is 16.2. The van der Waals surface area contributed by atoms with Crippen LogP contribution in [0, 0.1) is 5.92 Å². The van der Waals surface area contributed by atoms with Crippen LogP contribution in [0.5, 0.6) is 0 Å². The molecule has 3 nitrogen and oxygen atoms in total. The highest BCUT2D eigenvalue weighted by Crippen LogP contribution is 2.45. The first-order valence-electron chi connectivity index (χ1n) is 12.4. The van der Waals surface area contributed by atoms with Gasteiger partial charge in [-0.2, -0.15) is 0 Å². The Labute approximate surface area is 198 Å². The molecule has 3 aromatic rings.